The first-order chi connectivity index (χ1) is 28.7. The molecule has 0 unspecified atom stereocenters. The number of nitrogens with zero attached hydrogens (tertiary/aromatic N) is 2. The van der Waals surface area contributed by atoms with E-state index in [-0.39, 0.29) is 0 Å². The minimum absolute atomic E-state index is 1.11. The molecule has 0 aliphatic carbocycles. The van der Waals surface area contributed by atoms with Crippen molar-refractivity contribution in [1.29, 1.82) is 0 Å². The molecule has 0 bridgehead atoms. The molecule has 58 heavy (non-hydrogen) atoms. The van der Waals surface area contributed by atoms with Gasteiger partial charge in [-0.2, -0.15) is 0 Å². The number of benzene rings is 9. The van der Waals surface area contributed by atoms with Crippen LogP contribution in [0.2, 0.25) is 0 Å². The van der Waals surface area contributed by atoms with E-state index in [2.05, 4.69) is 229 Å². The molecule has 2 nitrogen and oxygen atoms in total. The smallest absolute Gasteiger partial charge is 0.0555 e. The molecule has 0 saturated carbocycles. The Labute approximate surface area is 342 Å². The predicted octanol–water partition coefficient (Wildman–Crippen LogP) is 15.9. The van der Waals surface area contributed by atoms with Crippen molar-refractivity contribution in [3.63, 3.8) is 0 Å². The number of anilines is 3. The fourth-order valence-corrected chi connectivity index (χ4v) is 9.99. The number of hydrogen-bond acceptors (Lipinski definition) is 2. The van der Waals surface area contributed by atoms with E-state index in [1.54, 1.807) is 0 Å². The van der Waals surface area contributed by atoms with Gasteiger partial charge >= 0.3 is 0 Å². The summed E-state index contributed by atoms with van der Waals surface area (Å²) in [6.45, 7) is 2.15. The lowest BCUT2D eigenvalue weighted by molar-refractivity contribution is 1.18. The molecule has 0 spiro atoms. The summed E-state index contributed by atoms with van der Waals surface area (Å²) in [5, 5.41) is 5.07. The molecule has 0 aliphatic heterocycles. The van der Waals surface area contributed by atoms with Crippen LogP contribution < -0.4 is 4.90 Å². The molecule has 11 aromatic rings. The third-order valence-electron chi connectivity index (χ3n) is 11.5. The maximum atomic E-state index is 2.46. The molecule has 0 amide bonds. The minimum Gasteiger partial charge on any atom is -0.310 e. The first-order valence-corrected chi connectivity index (χ1v) is 20.7. The highest BCUT2D eigenvalue weighted by Crippen LogP contribution is 2.49. The Kier molecular flexibility index (Phi) is 8.27. The van der Waals surface area contributed by atoms with Crippen LogP contribution in [0.1, 0.15) is 5.56 Å². The average Bonchev–Trinajstić information content (AvgIpc) is 3.85. The fraction of sp³-hybridized carbons (Fsp3) is 0.0182. The van der Waals surface area contributed by atoms with E-state index >= 15 is 0 Å². The van der Waals surface area contributed by atoms with Gasteiger partial charge < -0.3 is 9.47 Å². The van der Waals surface area contributed by atoms with E-state index < -0.39 is 0 Å². The highest BCUT2D eigenvalue weighted by Gasteiger charge is 2.22. The summed E-state index contributed by atoms with van der Waals surface area (Å²) in [5.74, 6) is 0. The Bertz CT molecular complexity index is 3210. The van der Waals surface area contributed by atoms with Crippen molar-refractivity contribution in [2.24, 2.45) is 0 Å². The van der Waals surface area contributed by atoms with Crippen LogP contribution >= 0.6 is 11.3 Å². The molecule has 3 heteroatoms. The van der Waals surface area contributed by atoms with Crippen molar-refractivity contribution in [3.05, 3.63) is 218 Å². The number of para-hydroxylation sites is 2. The summed E-state index contributed by atoms with van der Waals surface area (Å²) in [4.78, 5) is 2.46. The fourth-order valence-electron chi connectivity index (χ4n) is 8.73. The summed E-state index contributed by atoms with van der Waals surface area (Å²) in [6.07, 6.45) is 0. The topological polar surface area (TPSA) is 8.17 Å². The van der Waals surface area contributed by atoms with Crippen LogP contribution in [0.5, 0.6) is 0 Å². The normalized spacial score (nSPS) is 11.5. The van der Waals surface area contributed by atoms with Crippen molar-refractivity contribution in [2.45, 2.75) is 6.92 Å². The number of rotatable bonds is 7. The van der Waals surface area contributed by atoms with E-state index in [1.165, 1.54) is 80.9 Å². The molecular formula is C55H38N2S. The predicted molar refractivity (Wildman–Crippen MR) is 249 cm³/mol. The number of aromatic nitrogens is 1. The maximum Gasteiger partial charge on any atom is 0.0555 e. The van der Waals surface area contributed by atoms with Gasteiger partial charge in [-0.1, -0.05) is 157 Å². The number of hydrogen-bond donors (Lipinski definition) is 0. The van der Waals surface area contributed by atoms with Gasteiger partial charge in [0.1, 0.15) is 0 Å². The zero-order valence-corrected chi connectivity index (χ0v) is 32.8. The SMILES string of the molecule is Cc1ccc(N(c2ccc(-c3ccccc3)c(-c3ccccc3)c2)c2ccc(-c3ccc(-n4c5ccccc5c5ccccc54)cc3)c3sc4ccccc4c23)cc1. The van der Waals surface area contributed by atoms with Crippen LogP contribution in [-0.2, 0) is 0 Å². The molecule has 11 rings (SSSR count). The molecule has 0 N–H and O–H groups in total. The molecule has 0 fully saturated rings. The van der Waals surface area contributed by atoms with Crippen molar-refractivity contribution in [1.82, 2.24) is 4.57 Å². The van der Waals surface area contributed by atoms with Crippen LogP contribution in [0.4, 0.5) is 17.1 Å². The summed E-state index contributed by atoms with van der Waals surface area (Å²) >= 11 is 1.88. The highest BCUT2D eigenvalue weighted by molar-refractivity contribution is 7.26. The number of fused-ring (bicyclic) bond motifs is 6. The van der Waals surface area contributed by atoms with Crippen LogP contribution in [0.15, 0.2) is 212 Å². The van der Waals surface area contributed by atoms with Crippen molar-refractivity contribution < 1.29 is 0 Å². The highest BCUT2D eigenvalue weighted by atomic mass is 32.1. The second-order valence-electron chi connectivity index (χ2n) is 15.0. The van der Waals surface area contributed by atoms with Gasteiger partial charge in [-0.05, 0) is 101 Å². The average molecular weight is 759 g/mol. The molecule has 9 aromatic carbocycles. The van der Waals surface area contributed by atoms with Crippen LogP contribution in [-0.4, -0.2) is 4.57 Å². The maximum absolute atomic E-state index is 2.46. The van der Waals surface area contributed by atoms with Gasteiger partial charge in [0, 0.05) is 48.0 Å². The van der Waals surface area contributed by atoms with Gasteiger partial charge in [-0.15, -0.1) is 11.3 Å². The lowest BCUT2D eigenvalue weighted by atomic mass is 9.93. The summed E-state index contributed by atoms with van der Waals surface area (Å²) in [7, 11) is 0. The van der Waals surface area contributed by atoms with Gasteiger partial charge in [-0.25, -0.2) is 0 Å². The lowest BCUT2D eigenvalue weighted by Gasteiger charge is -2.28. The van der Waals surface area contributed by atoms with E-state index in [4.69, 9.17) is 0 Å². The lowest BCUT2D eigenvalue weighted by Crippen LogP contribution is -2.11. The molecule has 0 saturated heterocycles. The third kappa shape index (κ3) is 5.71. The first kappa shape index (κ1) is 34.1. The van der Waals surface area contributed by atoms with Crippen LogP contribution in [0.3, 0.4) is 0 Å². The van der Waals surface area contributed by atoms with Gasteiger partial charge in [0.25, 0.3) is 0 Å². The zero-order valence-electron chi connectivity index (χ0n) is 32.0. The van der Waals surface area contributed by atoms with Crippen LogP contribution in [0, 0.1) is 6.92 Å². The monoisotopic (exact) mass is 758 g/mol. The standard InChI is InChI=1S/C55H38N2S/c1-37-24-28-41(29-25-37)56(43-32-33-44(38-14-4-2-5-15-38)49(36-43)39-16-6-3-7-17-39)52-35-34-45(55-54(52)48-20-10-13-23-53(48)58-55)40-26-30-42(31-27-40)57-50-21-11-8-18-46(50)47-19-9-12-22-51(47)57/h2-36H,1H3. The zero-order chi connectivity index (χ0) is 38.6. The van der Waals surface area contributed by atoms with E-state index in [9.17, 15) is 0 Å². The summed E-state index contributed by atoms with van der Waals surface area (Å²) in [5.41, 5.74) is 15.5. The van der Waals surface area contributed by atoms with Crippen molar-refractivity contribution in [3.8, 4) is 39.1 Å². The van der Waals surface area contributed by atoms with Gasteiger partial charge in [0.15, 0.2) is 0 Å². The Hall–Kier alpha value is -7.20. The Balaban J connectivity index is 1.11. The molecule has 0 atom stereocenters. The first-order valence-electron chi connectivity index (χ1n) is 19.8. The Morgan fingerprint density at radius 3 is 1.62 bits per heavy atom. The molecular weight excluding hydrogens is 721 g/mol. The summed E-state index contributed by atoms with van der Waals surface area (Å²) in [6, 6.07) is 77.5. The van der Waals surface area contributed by atoms with Crippen molar-refractivity contribution >= 4 is 70.4 Å². The molecule has 2 aromatic heterocycles. The van der Waals surface area contributed by atoms with E-state index in [0.29, 0.717) is 0 Å². The van der Waals surface area contributed by atoms with E-state index in [0.717, 1.165) is 22.7 Å². The number of thiophene rings is 1. The second-order valence-corrected chi connectivity index (χ2v) is 16.0. The second kappa shape index (κ2) is 14.1. The van der Waals surface area contributed by atoms with Crippen molar-refractivity contribution in [2.75, 3.05) is 4.90 Å². The largest absolute Gasteiger partial charge is 0.310 e. The third-order valence-corrected chi connectivity index (χ3v) is 12.7. The Morgan fingerprint density at radius 1 is 0.414 bits per heavy atom. The molecule has 0 aliphatic rings. The molecule has 2 heterocycles. The molecule has 274 valence electrons. The molecule has 0 radical (unpaired) electrons. The van der Waals surface area contributed by atoms with Crippen LogP contribution in [0.25, 0.3) is 81.0 Å². The van der Waals surface area contributed by atoms with Gasteiger partial charge in [0.05, 0.1) is 16.7 Å². The number of aryl methyl sites for hydroxylation is 1. The summed E-state index contributed by atoms with van der Waals surface area (Å²) < 4.78 is 4.95. The quantitative estimate of drug-likeness (QED) is 0.157. The van der Waals surface area contributed by atoms with Gasteiger partial charge in [0.2, 0.25) is 0 Å². The van der Waals surface area contributed by atoms with E-state index in [1.807, 2.05) is 11.3 Å². The van der Waals surface area contributed by atoms with Gasteiger partial charge in [-0.3, -0.25) is 0 Å². The Morgan fingerprint density at radius 2 is 0.948 bits per heavy atom. The minimum atomic E-state index is 1.11.